The van der Waals surface area contributed by atoms with Crippen LogP contribution < -0.4 is 10.1 Å². The van der Waals surface area contributed by atoms with Crippen molar-refractivity contribution in [3.05, 3.63) is 83.6 Å². The van der Waals surface area contributed by atoms with Crippen molar-refractivity contribution >= 4 is 11.4 Å². The summed E-state index contributed by atoms with van der Waals surface area (Å²) in [4.78, 5) is 0. The largest absolute Gasteiger partial charge is 0.215 e. The van der Waals surface area contributed by atoms with Crippen molar-refractivity contribution < 1.29 is 10.4 Å². The highest BCUT2D eigenvalue weighted by molar-refractivity contribution is 5.60. The second-order valence-corrected chi connectivity index (χ2v) is 12.3. The maximum absolute atomic E-state index is 12.9. The molecule has 0 N–H and O–H groups in total. The minimum absolute atomic E-state index is 0.206. The summed E-state index contributed by atoms with van der Waals surface area (Å²) in [7, 11) is 0. The fourth-order valence-electron chi connectivity index (χ4n) is 5.77. The van der Waals surface area contributed by atoms with E-state index in [0.29, 0.717) is 23.2 Å². The normalized spacial score (nSPS) is 22.8. The Morgan fingerprint density at radius 2 is 1.24 bits per heavy atom. The van der Waals surface area contributed by atoms with Crippen LogP contribution in [0.15, 0.2) is 60.7 Å². The van der Waals surface area contributed by atoms with Gasteiger partial charge in [-0.1, -0.05) is 60.7 Å². The van der Waals surface area contributed by atoms with Crippen molar-refractivity contribution in [2.75, 3.05) is 10.1 Å². The third kappa shape index (κ3) is 4.27. The minimum atomic E-state index is -0.501. The van der Waals surface area contributed by atoms with Gasteiger partial charge in [0.25, 0.3) is 0 Å². The molecule has 180 valence electrons. The molecule has 1 saturated carbocycles. The van der Waals surface area contributed by atoms with Crippen LogP contribution in [0.5, 0.6) is 0 Å². The maximum Gasteiger partial charge on any atom is 0.0676 e. The fraction of sp³-hybridized carbons (Fsp3) is 0.467. The molecule has 4 radical (unpaired) electrons. The van der Waals surface area contributed by atoms with Crippen molar-refractivity contribution in [3.8, 4) is 0 Å². The van der Waals surface area contributed by atoms with E-state index in [1.807, 2.05) is 65.8 Å². The molecule has 0 heterocycles. The highest BCUT2D eigenvalue weighted by Gasteiger charge is 2.57. The second-order valence-electron chi connectivity index (χ2n) is 12.3. The Morgan fingerprint density at radius 3 is 1.71 bits per heavy atom. The Labute approximate surface area is 205 Å². The molecule has 0 saturated heterocycles. The Kier molecular flexibility index (Phi) is 6.15. The SMILES string of the molecule is CC1(C)[C](c2cccc(N([O])C(C)(C)C)c2)C2C=CCC2[C]1c1cccc(N([O])C(C)(C)C)c1. The second kappa shape index (κ2) is 8.42. The molecule has 0 aromatic heterocycles. The van der Waals surface area contributed by atoms with E-state index >= 15 is 0 Å². The number of hydrogen-bond acceptors (Lipinski definition) is 2. The molecule has 4 heteroatoms. The molecule has 0 spiro atoms. The first kappa shape index (κ1) is 24.8. The summed E-state index contributed by atoms with van der Waals surface area (Å²) in [5.41, 5.74) is 2.44. The number of hydroxylamine groups is 2. The lowest BCUT2D eigenvalue weighted by molar-refractivity contribution is 0.102. The first-order valence-corrected chi connectivity index (χ1v) is 12.3. The van der Waals surface area contributed by atoms with Crippen LogP contribution in [-0.2, 0) is 10.4 Å². The first-order chi connectivity index (χ1) is 15.7. The minimum Gasteiger partial charge on any atom is -0.215 e. The van der Waals surface area contributed by atoms with Gasteiger partial charge >= 0.3 is 0 Å². The van der Waals surface area contributed by atoms with E-state index in [1.165, 1.54) is 11.8 Å². The first-order valence-electron chi connectivity index (χ1n) is 12.3. The highest BCUT2D eigenvalue weighted by Crippen LogP contribution is 2.64. The average Bonchev–Trinajstić information content (AvgIpc) is 3.27. The third-order valence-corrected chi connectivity index (χ3v) is 7.22. The van der Waals surface area contributed by atoms with Gasteiger partial charge in [-0.15, -0.1) is 0 Å². The molecule has 4 nitrogen and oxygen atoms in total. The zero-order chi connectivity index (χ0) is 25.1. The zero-order valence-corrected chi connectivity index (χ0v) is 21.8. The van der Waals surface area contributed by atoms with Crippen molar-refractivity contribution in [2.45, 2.75) is 72.9 Å². The van der Waals surface area contributed by atoms with Gasteiger partial charge in [-0.3, -0.25) is 0 Å². The van der Waals surface area contributed by atoms with Gasteiger partial charge in [0.2, 0.25) is 0 Å². The summed E-state index contributed by atoms with van der Waals surface area (Å²) in [6.45, 7) is 16.2. The number of rotatable bonds is 4. The molecule has 2 aromatic rings. The van der Waals surface area contributed by atoms with E-state index in [9.17, 15) is 10.4 Å². The summed E-state index contributed by atoms with van der Waals surface area (Å²) >= 11 is 0. The van der Waals surface area contributed by atoms with E-state index in [0.717, 1.165) is 27.7 Å². The van der Waals surface area contributed by atoms with Gasteiger partial charge in [0.15, 0.2) is 0 Å². The molecule has 2 aliphatic carbocycles. The van der Waals surface area contributed by atoms with Gasteiger partial charge in [-0.05, 0) is 101 Å². The number of allylic oxidation sites excluding steroid dienone is 2. The van der Waals surface area contributed by atoms with Gasteiger partial charge in [-0.2, -0.15) is 0 Å². The van der Waals surface area contributed by atoms with E-state index in [-0.39, 0.29) is 5.41 Å². The van der Waals surface area contributed by atoms with Crippen LogP contribution in [0.3, 0.4) is 0 Å². The summed E-state index contributed by atoms with van der Waals surface area (Å²) in [6.07, 6.45) is 5.61. The predicted octanol–water partition coefficient (Wildman–Crippen LogP) is 7.36. The molecule has 0 bridgehead atoms. The molecule has 2 aromatic carbocycles. The van der Waals surface area contributed by atoms with Gasteiger partial charge in [-0.25, -0.2) is 10.1 Å². The summed E-state index contributed by atoms with van der Waals surface area (Å²) in [5.74, 6) is 3.39. The van der Waals surface area contributed by atoms with Crippen LogP contribution in [0, 0.1) is 29.1 Å². The molecule has 34 heavy (non-hydrogen) atoms. The Bertz CT molecular complexity index is 1060. The molecule has 0 aliphatic heterocycles. The average molecular weight is 459 g/mol. The monoisotopic (exact) mass is 458 g/mol. The van der Waals surface area contributed by atoms with Gasteiger partial charge < -0.3 is 0 Å². The fourth-order valence-corrected chi connectivity index (χ4v) is 5.77. The van der Waals surface area contributed by atoms with Crippen LogP contribution in [0.2, 0.25) is 0 Å². The summed E-state index contributed by atoms with van der Waals surface area (Å²) in [5, 5.41) is 28.1. The number of nitrogens with zero attached hydrogens (tertiary/aromatic N) is 2. The van der Waals surface area contributed by atoms with Crippen LogP contribution in [0.4, 0.5) is 11.4 Å². The number of hydrogen-bond donors (Lipinski definition) is 0. The van der Waals surface area contributed by atoms with E-state index in [2.05, 4.69) is 50.3 Å². The van der Waals surface area contributed by atoms with Crippen LogP contribution in [0.25, 0.3) is 0 Å². The number of benzene rings is 2. The predicted molar refractivity (Wildman–Crippen MR) is 138 cm³/mol. The van der Waals surface area contributed by atoms with Gasteiger partial charge in [0, 0.05) is 11.8 Å². The summed E-state index contributed by atoms with van der Waals surface area (Å²) < 4.78 is 0. The standard InChI is InChI=1S/C30H38N2O2/c1-28(2,3)31(33)22-14-9-12-20(18-22)26-24-16-11-17-25(24)27(30(26,7)8)21-13-10-15-23(19-21)32(34)29(4,5)6/h9-16,18-19,24-25H,17H2,1-8H3. The van der Waals surface area contributed by atoms with Crippen LogP contribution >= 0.6 is 0 Å². The molecule has 2 atom stereocenters. The Hall–Kier alpha value is -2.30. The molecule has 1 fully saturated rings. The summed E-state index contributed by atoms with van der Waals surface area (Å²) in [6, 6.07) is 16.2. The van der Waals surface area contributed by atoms with Crippen LogP contribution in [-0.4, -0.2) is 11.1 Å². The van der Waals surface area contributed by atoms with Crippen molar-refractivity contribution in [1.82, 2.24) is 0 Å². The van der Waals surface area contributed by atoms with Crippen LogP contribution in [0.1, 0.15) is 72.9 Å². The van der Waals surface area contributed by atoms with Crippen molar-refractivity contribution in [3.63, 3.8) is 0 Å². The van der Waals surface area contributed by atoms with Crippen molar-refractivity contribution in [2.24, 2.45) is 17.3 Å². The molecule has 0 amide bonds. The van der Waals surface area contributed by atoms with E-state index < -0.39 is 11.1 Å². The molecule has 2 aliphatic rings. The lowest BCUT2D eigenvalue weighted by Gasteiger charge is -2.36. The lowest BCUT2D eigenvalue weighted by Crippen LogP contribution is -2.37. The third-order valence-electron chi connectivity index (χ3n) is 7.22. The molecular formula is C30H38N2O2. The Morgan fingerprint density at radius 1 is 0.765 bits per heavy atom. The number of anilines is 2. The Balaban J connectivity index is 1.75. The quantitative estimate of drug-likeness (QED) is 0.355. The zero-order valence-electron chi connectivity index (χ0n) is 21.8. The lowest BCUT2D eigenvalue weighted by atomic mass is 9.68. The number of fused-ring (bicyclic) bond motifs is 1. The van der Waals surface area contributed by atoms with Gasteiger partial charge in [0.05, 0.1) is 22.5 Å². The molecular weight excluding hydrogens is 420 g/mol. The highest BCUT2D eigenvalue weighted by atomic mass is 16.5. The van der Waals surface area contributed by atoms with E-state index in [4.69, 9.17) is 0 Å². The van der Waals surface area contributed by atoms with Crippen molar-refractivity contribution in [1.29, 1.82) is 0 Å². The topological polar surface area (TPSA) is 46.3 Å². The smallest absolute Gasteiger partial charge is 0.0676 e. The van der Waals surface area contributed by atoms with E-state index in [1.54, 1.807) is 0 Å². The molecule has 4 rings (SSSR count). The van der Waals surface area contributed by atoms with Gasteiger partial charge in [0.1, 0.15) is 0 Å². The molecule has 2 unspecified atom stereocenters. The maximum atomic E-state index is 12.9.